The van der Waals surface area contributed by atoms with E-state index < -0.39 is 0 Å². The van der Waals surface area contributed by atoms with Gasteiger partial charge in [-0.05, 0) is 6.92 Å². The molecule has 0 fully saturated rings. The van der Waals surface area contributed by atoms with Crippen LogP contribution in [0, 0.1) is 6.92 Å². The molecule has 1 aliphatic rings. The third-order valence-electron chi connectivity index (χ3n) is 3.14. The van der Waals surface area contributed by atoms with E-state index in [-0.39, 0.29) is 6.04 Å². The number of hydrogen-bond donors (Lipinski definition) is 2. The van der Waals surface area contributed by atoms with E-state index in [0.717, 1.165) is 23.7 Å². The molecule has 90 valence electrons. The van der Waals surface area contributed by atoms with Gasteiger partial charge in [0.2, 0.25) is 0 Å². The zero-order valence-corrected chi connectivity index (χ0v) is 10.2. The Bertz CT molecular complexity index is 552. The maximum Gasteiger partial charge on any atom is 0.148 e. The summed E-state index contributed by atoms with van der Waals surface area (Å²) in [5.74, 6) is 1.04. The lowest BCUT2D eigenvalue weighted by molar-refractivity contribution is 0.725. The van der Waals surface area contributed by atoms with E-state index in [9.17, 15) is 0 Å². The molecule has 0 amide bonds. The molecule has 3 rings (SSSR count). The zero-order valence-electron chi connectivity index (χ0n) is 10.2. The van der Waals surface area contributed by atoms with E-state index in [1.807, 2.05) is 42.8 Å². The van der Waals surface area contributed by atoms with Crippen molar-refractivity contribution in [3.8, 4) is 0 Å². The van der Waals surface area contributed by atoms with Gasteiger partial charge in [-0.2, -0.15) is 10.2 Å². The summed E-state index contributed by atoms with van der Waals surface area (Å²) in [4.78, 5) is 0. The molecule has 0 aromatic carbocycles. The summed E-state index contributed by atoms with van der Waals surface area (Å²) in [6.45, 7) is 2.86. The predicted molar refractivity (Wildman–Crippen MR) is 66.0 cm³/mol. The highest BCUT2D eigenvalue weighted by atomic mass is 15.4. The molecular weight excluding hydrogens is 216 g/mol. The molecule has 0 aliphatic carbocycles. The van der Waals surface area contributed by atoms with Crippen molar-refractivity contribution < 1.29 is 0 Å². The number of hydrogen-bond acceptors (Lipinski definition) is 4. The summed E-state index contributed by atoms with van der Waals surface area (Å²) in [6.07, 6.45) is 3.93. The summed E-state index contributed by atoms with van der Waals surface area (Å²) in [5, 5.41) is 15.5. The van der Waals surface area contributed by atoms with Crippen molar-refractivity contribution in [1.82, 2.24) is 19.6 Å². The van der Waals surface area contributed by atoms with Crippen molar-refractivity contribution in [2.24, 2.45) is 14.1 Å². The number of anilines is 2. The Morgan fingerprint density at radius 3 is 2.94 bits per heavy atom. The lowest BCUT2D eigenvalue weighted by Crippen LogP contribution is -2.26. The Labute approximate surface area is 99.6 Å². The number of fused-ring (bicyclic) bond motifs is 1. The fourth-order valence-electron chi connectivity index (χ4n) is 2.28. The Morgan fingerprint density at radius 2 is 2.24 bits per heavy atom. The number of nitrogens with one attached hydrogen (secondary N) is 2. The van der Waals surface area contributed by atoms with Crippen molar-refractivity contribution in [2.45, 2.75) is 13.0 Å². The molecule has 2 N–H and O–H groups in total. The van der Waals surface area contributed by atoms with E-state index in [1.54, 1.807) is 0 Å². The molecule has 3 heterocycles. The van der Waals surface area contributed by atoms with Gasteiger partial charge in [0, 0.05) is 32.4 Å². The lowest BCUT2D eigenvalue weighted by atomic mass is 10.1. The van der Waals surface area contributed by atoms with E-state index in [2.05, 4.69) is 20.8 Å². The fourth-order valence-corrected chi connectivity index (χ4v) is 2.28. The number of rotatable bonds is 1. The minimum Gasteiger partial charge on any atom is -0.378 e. The van der Waals surface area contributed by atoms with Gasteiger partial charge in [0.1, 0.15) is 11.5 Å². The average Bonchev–Trinajstić information content (AvgIpc) is 2.85. The standard InChI is InChI=1S/C11H16N6/c1-7-10-11(17(3)15-7)14-9(5-12-10)8-4-13-16(2)6-8/h4,6,9,12,14H,5H2,1-3H3. The Hall–Kier alpha value is -1.98. The molecule has 2 aromatic rings. The van der Waals surface area contributed by atoms with Gasteiger partial charge >= 0.3 is 0 Å². The second kappa shape index (κ2) is 3.51. The molecule has 6 heteroatoms. The molecule has 2 aromatic heterocycles. The van der Waals surface area contributed by atoms with Crippen LogP contribution < -0.4 is 10.6 Å². The van der Waals surface area contributed by atoms with Gasteiger partial charge in [-0.1, -0.05) is 0 Å². The molecule has 1 aliphatic heterocycles. The van der Waals surface area contributed by atoms with Gasteiger partial charge in [0.05, 0.1) is 17.9 Å². The number of aromatic nitrogens is 4. The number of nitrogens with zero attached hydrogens (tertiary/aromatic N) is 4. The molecular formula is C11H16N6. The van der Waals surface area contributed by atoms with Crippen LogP contribution in [-0.4, -0.2) is 26.1 Å². The first kappa shape index (κ1) is 10.2. The number of aryl methyl sites for hydroxylation is 3. The summed E-state index contributed by atoms with van der Waals surface area (Å²) >= 11 is 0. The zero-order chi connectivity index (χ0) is 12.0. The van der Waals surface area contributed by atoms with Gasteiger partial charge in [-0.15, -0.1) is 0 Å². The van der Waals surface area contributed by atoms with Crippen LogP contribution in [-0.2, 0) is 14.1 Å². The fraction of sp³-hybridized carbons (Fsp3) is 0.455. The first-order chi connectivity index (χ1) is 8.15. The van der Waals surface area contributed by atoms with Crippen LogP contribution in [0.2, 0.25) is 0 Å². The molecule has 0 saturated heterocycles. The van der Waals surface area contributed by atoms with Gasteiger partial charge in [0.15, 0.2) is 0 Å². The summed E-state index contributed by atoms with van der Waals surface area (Å²) in [5.41, 5.74) is 3.32. The third-order valence-corrected chi connectivity index (χ3v) is 3.14. The smallest absolute Gasteiger partial charge is 0.148 e. The van der Waals surface area contributed by atoms with Crippen LogP contribution >= 0.6 is 0 Å². The molecule has 6 nitrogen and oxygen atoms in total. The SMILES string of the molecule is Cc1nn(C)c2c1NCC(c1cnn(C)c1)N2. The van der Waals surface area contributed by atoms with Crippen molar-refractivity contribution in [3.63, 3.8) is 0 Å². The van der Waals surface area contributed by atoms with Crippen molar-refractivity contribution in [2.75, 3.05) is 17.2 Å². The van der Waals surface area contributed by atoms with Gasteiger partial charge in [-0.3, -0.25) is 9.36 Å². The molecule has 1 atom stereocenters. The predicted octanol–water partition coefficient (Wildman–Crippen LogP) is 1.04. The van der Waals surface area contributed by atoms with Crippen LogP contribution in [0.1, 0.15) is 17.3 Å². The van der Waals surface area contributed by atoms with Gasteiger partial charge < -0.3 is 10.6 Å². The van der Waals surface area contributed by atoms with E-state index in [4.69, 9.17) is 0 Å². The van der Waals surface area contributed by atoms with E-state index in [0.29, 0.717) is 0 Å². The molecule has 0 bridgehead atoms. The average molecular weight is 232 g/mol. The van der Waals surface area contributed by atoms with Gasteiger partial charge in [0.25, 0.3) is 0 Å². The molecule has 0 spiro atoms. The molecule has 17 heavy (non-hydrogen) atoms. The Kier molecular flexibility index (Phi) is 2.10. The maximum absolute atomic E-state index is 4.40. The quantitative estimate of drug-likeness (QED) is 0.771. The van der Waals surface area contributed by atoms with Crippen LogP contribution in [0.5, 0.6) is 0 Å². The van der Waals surface area contributed by atoms with Gasteiger partial charge in [-0.25, -0.2) is 0 Å². The molecule has 1 unspecified atom stereocenters. The minimum absolute atomic E-state index is 0.242. The van der Waals surface area contributed by atoms with Crippen molar-refractivity contribution in [1.29, 1.82) is 0 Å². The summed E-state index contributed by atoms with van der Waals surface area (Å²) in [7, 11) is 3.88. The maximum atomic E-state index is 4.40. The van der Waals surface area contributed by atoms with Crippen molar-refractivity contribution >= 4 is 11.5 Å². The Morgan fingerprint density at radius 1 is 1.41 bits per heavy atom. The first-order valence-electron chi connectivity index (χ1n) is 5.67. The van der Waals surface area contributed by atoms with Crippen LogP contribution in [0.3, 0.4) is 0 Å². The van der Waals surface area contributed by atoms with E-state index >= 15 is 0 Å². The largest absolute Gasteiger partial charge is 0.378 e. The highest BCUT2D eigenvalue weighted by molar-refractivity contribution is 5.70. The normalized spacial score (nSPS) is 18.4. The third kappa shape index (κ3) is 1.56. The highest BCUT2D eigenvalue weighted by Crippen LogP contribution is 2.33. The summed E-state index contributed by atoms with van der Waals surface area (Å²) < 4.78 is 3.70. The second-order valence-electron chi connectivity index (χ2n) is 4.46. The van der Waals surface area contributed by atoms with Crippen molar-refractivity contribution in [3.05, 3.63) is 23.7 Å². The Balaban J connectivity index is 1.92. The van der Waals surface area contributed by atoms with Crippen LogP contribution in [0.4, 0.5) is 11.5 Å². The van der Waals surface area contributed by atoms with Crippen LogP contribution in [0.25, 0.3) is 0 Å². The van der Waals surface area contributed by atoms with Crippen LogP contribution in [0.15, 0.2) is 12.4 Å². The topological polar surface area (TPSA) is 59.7 Å². The molecule has 0 radical (unpaired) electrons. The lowest BCUT2D eigenvalue weighted by Gasteiger charge is -2.26. The first-order valence-corrected chi connectivity index (χ1v) is 5.67. The van der Waals surface area contributed by atoms with E-state index in [1.165, 1.54) is 5.56 Å². The summed E-state index contributed by atoms with van der Waals surface area (Å²) in [6, 6.07) is 0.242. The highest BCUT2D eigenvalue weighted by Gasteiger charge is 2.24. The molecule has 0 saturated carbocycles. The monoisotopic (exact) mass is 232 g/mol. The second-order valence-corrected chi connectivity index (χ2v) is 4.46. The minimum atomic E-state index is 0.242.